The van der Waals surface area contributed by atoms with E-state index in [1.165, 1.54) is 31.4 Å². The molecule has 1 fully saturated rings. The van der Waals surface area contributed by atoms with Gasteiger partial charge in [0.25, 0.3) is 5.91 Å². The van der Waals surface area contributed by atoms with Gasteiger partial charge in [-0.2, -0.15) is 0 Å². The molecular formula is C25H19Cl5FN3O4. The molecule has 0 unspecified atom stereocenters. The highest BCUT2D eigenvalue weighted by atomic mass is 35.5. The van der Waals surface area contributed by atoms with Gasteiger partial charge < -0.3 is 15.4 Å². The van der Waals surface area contributed by atoms with Crippen LogP contribution in [-0.4, -0.2) is 35.2 Å². The van der Waals surface area contributed by atoms with E-state index in [1.54, 1.807) is 18.2 Å². The van der Waals surface area contributed by atoms with Gasteiger partial charge in [-0.25, -0.2) is 9.45 Å². The van der Waals surface area contributed by atoms with Crippen LogP contribution in [0.4, 0.5) is 21.5 Å². The van der Waals surface area contributed by atoms with E-state index in [0.29, 0.717) is 20.7 Å². The van der Waals surface area contributed by atoms with Gasteiger partial charge >= 0.3 is 0 Å². The lowest BCUT2D eigenvalue weighted by molar-refractivity contribution is -0.117. The maximum Gasteiger partial charge on any atom is 0.257 e. The summed E-state index contributed by atoms with van der Waals surface area (Å²) in [5, 5.41) is 16.9. The van der Waals surface area contributed by atoms with E-state index in [2.05, 4.69) is 10.6 Å². The zero-order valence-electron chi connectivity index (χ0n) is 19.4. The highest BCUT2D eigenvalue weighted by Crippen LogP contribution is 2.65. The fraction of sp³-hybridized carbons (Fsp3) is 0.200. The number of methoxy groups -OCH3 is 1. The van der Waals surface area contributed by atoms with Crippen molar-refractivity contribution in [2.45, 2.75) is 10.3 Å². The summed E-state index contributed by atoms with van der Waals surface area (Å²) in [5.74, 6) is -3.16. The molecule has 0 aliphatic heterocycles. The molecule has 0 bridgehead atoms. The normalized spacial score (nSPS) is 17.6. The van der Waals surface area contributed by atoms with Crippen molar-refractivity contribution >= 4 is 86.9 Å². The summed E-state index contributed by atoms with van der Waals surface area (Å²) >= 11 is 31.2. The smallest absolute Gasteiger partial charge is 0.257 e. The first-order chi connectivity index (χ1) is 17.9. The van der Waals surface area contributed by atoms with E-state index in [9.17, 15) is 19.2 Å². The average Bonchev–Trinajstić information content (AvgIpc) is 3.43. The van der Waals surface area contributed by atoms with Crippen LogP contribution in [0.25, 0.3) is 0 Å². The maximum atomic E-state index is 13.8. The first kappa shape index (κ1) is 28.7. The Morgan fingerprint density at radius 2 is 1.71 bits per heavy atom. The first-order valence-corrected chi connectivity index (χ1v) is 12.8. The summed E-state index contributed by atoms with van der Waals surface area (Å²) in [6, 6.07) is 12.5. The number of halogens is 6. The molecule has 3 aromatic rings. The van der Waals surface area contributed by atoms with Gasteiger partial charge in [0.05, 0.1) is 27.9 Å². The van der Waals surface area contributed by atoms with E-state index < -0.39 is 33.8 Å². The highest BCUT2D eigenvalue weighted by Gasteiger charge is 2.67. The molecule has 200 valence electrons. The molecule has 0 saturated heterocycles. The summed E-state index contributed by atoms with van der Waals surface area (Å²) in [7, 11) is 1.34. The summed E-state index contributed by atoms with van der Waals surface area (Å²) in [4.78, 5) is 26.1. The third kappa shape index (κ3) is 6.13. The van der Waals surface area contributed by atoms with Gasteiger partial charge in [-0.1, -0.05) is 34.8 Å². The van der Waals surface area contributed by atoms with Crippen molar-refractivity contribution in [1.29, 1.82) is 0 Å². The van der Waals surface area contributed by atoms with Crippen LogP contribution in [0.2, 0.25) is 15.1 Å². The predicted octanol–water partition coefficient (Wildman–Crippen LogP) is 7.36. The minimum absolute atomic E-state index is 0.00736. The molecule has 0 radical (unpaired) electrons. The number of amides is 2. The van der Waals surface area contributed by atoms with Crippen LogP contribution in [0.1, 0.15) is 21.8 Å². The van der Waals surface area contributed by atoms with Crippen LogP contribution in [-0.2, 0) is 9.53 Å². The summed E-state index contributed by atoms with van der Waals surface area (Å²) in [6.07, 6.45) is 0. The second-order valence-corrected chi connectivity index (χ2v) is 11.2. The summed E-state index contributed by atoms with van der Waals surface area (Å²) in [6.45, 7) is -0.277. The van der Waals surface area contributed by atoms with Crippen LogP contribution in [0.15, 0.2) is 54.6 Å². The van der Waals surface area contributed by atoms with E-state index in [-0.39, 0.29) is 34.4 Å². The Labute approximate surface area is 242 Å². The van der Waals surface area contributed by atoms with Crippen molar-refractivity contribution < 1.29 is 23.9 Å². The average molecular weight is 622 g/mol. The number of rotatable bonds is 8. The second-order valence-electron chi connectivity index (χ2n) is 8.45. The molecule has 3 N–H and O–H groups in total. The van der Waals surface area contributed by atoms with Crippen molar-refractivity contribution in [2.75, 3.05) is 29.5 Å². The van der Waals surface area contributed by atoms with E-state index >= 15 is 0 Å². The molecule has 1 aliphatic rings. The highest BCUT2D eigenvalue weighted by molar-refractivity contribution is 6.53. The summed E-state index contributed by atoms with van der Waals surface area (Å²) < 4.78 is 17.2. The van der Waals surface area contributed by atoms with Crippen LogP contribution < -0.4 is 15.7 Å². The fourth-order valence-corrected chi connectivity index (χ4v) is 5.60. The number of ether oxygens (including phenoxy) is 1. The standard InChI is InChI=1S/C25H19Cl5FN3O4/c1-38-11-34(37)20-9-15(31)2-5-19(20)33-23(35)17-10-16(3-4-18(17)28)32-24(36)22-21(25(22,29)30)12-6-13(26)8-14(27)7-12/h2-10,21-22,37H,11H2,1H3,(H,32,36)(H,33,35)/t21-,22+/m0/s1. The van der Waals surface area contributed by atoms with Gasteiger partial charge in [-0.3, -0.25) is 14.8 Å². The van der Waals surface area contributed by atoms with Crippen molar-refractivity contribution in [3.8, 4) is 0 Å². The zero-order chi connectivity index (χ0) is 27.8. The Kier molecular flexibility index (Phi) is 8.64. The number of benzene rings is 3. The van der Waals surface area contributed by atoms with Gasteiger partial charge in [0, 0.05) is 34.8 Å². The molecule has 7 nitrogen and oxygen atoms in total. The van der Waals surface area contributed by atoms with Crippen molar-refractivity contribution in [2.24, 2.45) is 5.92 Å². The molecule has 38 heavy (non-hydrogen) atoms. The van der Waals surface area contributed by atoms with Crippen LogP contribution >= 0.6 is 58.0 Å². The van der Waals surface area contributed by atoms with Crippen LogP contribution in [0.3, 0.4) is 0 Å². The number of hydrogen-bond donors (Lipinski definition) is 3. The number of anilines is 3. The Bertz CT molecular complexity index is 1390. The molecular weight excluding hydrogens is 603 g/mol. The van der Waals surface area contributed by atoms with E-state index in [1.807, 2.05) is 0 Å². The predicted molar refractivity (Wildman–Crippen MR) is 148 cm³/mol. The molecule has 1 aliphatic carbocycles. The van der Waals surface area contributed by atoms with E-state index in [4.69, 9.17) is 62.7 Å². The summed E-state index contributed by atoms with van der Waals surface area (Å²) in [5.41, 5.74) is 0.933. The number of carbonyl (C=O) groups is 2. The Morgan fingerprint density at radius 1 is 1.03 bits per heavy atom. The maximum absolute atomic E-state index is 13.8. The van der Waals surface area contributed by atoms with Gasteiger partial charge in [0.2, 0.25) is 5.91 Å². The number of nitrogens with zero attached hydrogens (tertiary/aromatic N) is 1. The molecule has 2 atom stereocenters. The quantitative estimate of drug-likeness (QED) is 0.139. The van der Waals surface area contributed by atoms with Crippen LogP contribution in [0.5, 0.6) is 0 Å². The Balaban J connectivity index is 1.52. The van der Waals surface area contributed by atoms with Crippen molar-refractivity contribution in [3.05, 3.63) is 86.6 Å². The number of hydroxylamine groups is 1. The molecule has 3 aromatic carbocycles. The lowest BCUT2D eigenvalue weighted by Gasteiger charge is -2.20. The van der Waals surface area contributed by atoms with Crippen molar-refractivity contribution in [3.63, 3.8) is 0 Å². The third-order valence-electron chi connectivity index (χ3n) is 5.80. The molecule has 13 heteroatoms. The molecule has 0 spiro atoms. The molecule has 0 heterocycles. The monoisotopic (exact) mass is 619 g/mol. The largest absolute Gasteiger partial charge is 0.362 e. The number of alkyl halides is 2. The number of hydrogen-bond acceptors (Lipinski definition) is 5. The Hall–Kier alpha value is -2.30. The molecule has 2 amide bonds. The SMILES string of the molecule is COCN(O)c1cc(F)ccc1NC(=O)c1cc(NC(=O)[C@H]2[C@H](c3cc(Cl)cc(Cl)c3)C2(Cl)Cl)ccc1Cl. The third-order valence-corrected chi connectivity index (χ3v) is 7.50. The lowest BCUT2D eigenvalue weighted by Crippen LogP contribution is -2.23. The first-order valence-electron chi connectivity index (χ1n) is 10.9. The molecule has 0 aromatic heterocycles. The number of carbonyl (C=O) groups excluding carboxylic acids is 2. The topological polar surface area (TPSA) is 90.9 Å². The molecule has 1 saturated carbocycles. The minimum Gasteiger partial charge on any atom is -0.362 e. The van der Waals surface area contributed by atoms with Gasteiger partial charge in [-0.05, 0) is 54.1 Å². The minimum atomic E-state index is -1.39. The van der Waals surface area contributed by atoms with Gasteiger partial charge in [0.1, 0.15) is 16.9 Å². The number of nitrogens with one attached hydrogen (secondary N) is 2. The van der Waals surface area contributed by atoms with Crippen LogP contribution in [0, 0.1) is 11.7 Å². The second kappa shape index (κ2) is 11.4. The van der Waals surface area contributed by atoms with E-state index in [0.717, 1.165) is 12.1 Å². The van der Waals surface area contributed by atoms with Gasteiger partial charge in [-0.15, -0.1) is 23.2 Å². The Morgan fingerprint density at radius 3 is 2.37 bits per heavy atom. The lowest BCUT2D eigenvalue weighted by atomic mass is 10.1. The molecule has 4 rings (SSSR count). The van der Waals surface area contributed by atoms with Crippen molar-refractivity contribution in [1.82, 2.24) is 0 Å². The van der Waals surface area contributed by atoms with Gasteiger partial charge in [0.15, 0.2) is 0 Å². The zero-order valence-corrected chi connectivity index (χ0v) is 23.2. The fourth-order valence-electron chi connectivity index (χ4n) is 4.02.